The molecule has 0 unspecified atom stereocenters. The van der Waals surface area contributed by atoms with Crippen molar-refractivity contribution >= 4 is 29.0 Å². The van der Waals surface area contributed by atoms with E-state index in [-0.39, 0.29) is 11.7 Å². The van der Waals surface area contributed by atoms with Crippen LogP contribution < -0.4 is 4.90 Å². The Morgan fingerprint density at radius 1 is 0.724 bits per heavy atom. The van der Waals surface area contributed by atoms with Crippen molar-refractivity contribution in [1.29, 1.82) is 0 Å². The molecule has 2 rings (SSSR count). The number of ketones is 1. The number of carbonyl (C=O) groups excluding carboxylic acids is 3. The van der Waals surface area contributed by atoms with Crippen molar-refractivity contribution in [2.75, 3.05) is 4.90 Å². The standard InChI is InChI=1S/C24H29NO4/c1-16(26)25(19-12-8-17(9-13-19)21(27)23(2,3)4)20-14-10-18(11-15-20)22(28)29-24(5,6)7/h8-15H,1-7H3. The summed E-state index contributed by atoms with van der Waals surface area (Å²) in [5.74, 6) is -0.548. The van der Waals surface area contributed by atoms with Crippen molar-refractivity contribution in [2.45, 2.75) is 54.1 Å². The average molecular weight is 395 g/mol. The van der Waals surface area contributed by atoms with E-state index in [4.69, 9.17) is 4.74 Å². The fourth-order valence-corrected chi connectivity index (χ4v) is 2.79. The van der Waals surface area contributed by atoms with E-state index in [1.807, 2.05) is 41.5 Å². The highest BCUT2D eigenvalue weighted by atomic mass is 16.6. The molecule has 5 nitrogen and oxygen atoms in total. The maximum atomic E-state index is 12.4. The Kier molecular flexibility index (Phi) is 6.31. The molecule has 0 saturated carbocycles. The number of benzene rings is 2. The fraction of sp³-hybridized carbons (Fsp3) is 0.375. The molecule has 0 aliphatic rings. The molecule has 0 heterocycles. The van der Waals surface area contributed by atoms with E-state index in [1.165, 1.54) is 11.8 Å². The minimum atomic E-state index is -0.576. The lowest BCUT2D eigenvalue weighted by atomic mass is 9.86. The normalized spacial score (nSPS) is 11.7. The lowest BCUT2D eigenvalue weighted by Crippen LogP contribution is -2.25. The molecule has 0 fully saturated rings. The van der Waals surface area contributed by atoms with Crippen LogP contribution in [0.25, 0.3) is 0 Å². The van der Waals surface area contributed by atoms with E-state index in [1.54, 1.807) is 48.5 Å². The second-order valence-electron chi connectivity index (χ2n) is 9.03. The number of hydrogen-bond acceptors (Lipinski definition) is 4. The minimum absolute atomic E-state index is 0.0418. The van der Waals surface area contributed by atoms with Gasteiger partial charge in [0.2, 0.25) is 5.91 Å². The van der Waals surface area contributed by atoms with Gasteiger partial charge in [-0.25, -0.2) is 4.79 Å². The quantitative estimate of drug-likeness (QED) is 0.502. The predicted molar refractivity (Wildman–Crippen MR) is 115 cm³/mol. The SMILES string of the molecule is CC(=O)N(c1ccc(C(=O)OC(C)(C)C)cc1)c1ccc(C(=O)C(C)(C)C)cc1. The van der Waals surface area contributed by atoms with Gasteiger partial charge in [0.25, 0.3) is 0 Å². The summed E-state index contributed by atoms with van der Waals surface area (Å²) in [5.41, 5.74) is 1.24. The van der Waals surface area contributed by atoms with Crippen LogP contribution in [-0.4, -0.2) is 23.3 Å². The Morgan fingerprint density at radius 3 is 1.48 bits per heavy atom. The fourth-order valence-electron chi connectivity index (χ4n) is 2.79. The number of anilines is 2. The summed E-state index contributed by atoms with van der Waals surface area (Å²) < 4.78 is 5.37. The van der Waals surface area contributed by atoms with Crippen molar-refractivity contribution in [2.24, 2.45) is 5.41 Å². The highest BCUT2D eigenvalue weighted by Crippen LogP contribution is 2.28. The predicted octanol–water partition coefficient (Wildman–Crippen LogP) is 5.56. The summed E-state index contributed by atoms with van der Waals surface area (Å²) in [6.07, 6.45) is 0. The van der Waals surface area contributed by atoms with Crippen molar-refractivity contribution < 1.29 is 19.1 Å². The third-order valence-electron chi connectivity index (χ3n) is 4.14. The Morgan fingerprint density at radius 2 is 1.14 bits per heavy atom. The van der Waals surface area contributed by atoms with Crippen LogP contribution in [0.5, 0.6) is 0 Å². The van der Waals surface area contributed by atoms with Gasteiger partial charge in [0.1, 0.15) is 5.60 Å². The second-order valence-corrected chi connectivity index (χ2v) is 9.03. The molecule has 0 atom stereocenters. The molecule has 2 aromatic carbocycles. The topological polar surface area (TPSA) is 63.7 Å². The molecular weight excluding hydrogens is 366 g/mol. The van der Waals surface area contributed by atoms with Gasteiger partial charge in [0.15, 0.2) is 5.78 Å². The van der Waals surface area contributed by atoms with E-state index in [2.05, 4.69) is 0 Å². The van der Waals surface area contributed by atoms with Crippen LogP contribution in [0.2, 0.25) is 0 Å². The molecule has 0 bridgehead atoms. The van der Waals surface area contributed by atoms with E-state index < -0.39 is 17.0 Å². The molecule has 0 saturated heterocycles. The summed E-state index contributed by atoms with van der Waals surface area (Å²) in [6.45, 7) is 12.5. The maximum Gasteiger partial charge on any atom is 0.338 e. The Hall–Kier alpha value is -2.95. The van der Waals surface area contributed by atoms with Crippen LogP contribution in [0.3, 0.4) is 0 Å². The van der Waals surface area contributed by atoms with Crippen molar-refractivity contribution in [3.63, 3.8) is 0 Å². The van der Waals surface area contributed by atoms with Crippen LogP contribution in [0.4, 0.5) is 11.4 Å². The van der Waals surface area contributed by atoms with Gasteiger partial charge in [-0.15, -0.1) is 0 Å². The Labute approximate surface area is 172 Å². The van der Waals surface area contributed by atoms with E-state index in [9.17, 15) is 14.4 Å². The first kappa shape index (κ1) is 22.3. The second kappa shape index (κ2) is 8.19. The number of esters is 1. The van der Waals surface area contributed by atoms with Crippen LogP contribution in [0.15, 0.2) is 48.5 Å². The van der Waals surface area contributed by atoms with Gasteiger partial charge in [-0.3, -0.25) is 14.5 Å². The first-order valence-corrected chi connectivity index (χ1v) is 9.58. The summed E-state index contributed by atoms with van der Waals surface area (Å²) in [5, 5.41) is 0. The molecule has 0 N–H and O–H groups in total. The smallest absolute Gasteiger partial charge is 0.338 e. The highest BCUT2D eigenvalue weighted by Gasteiger charge is 2.23. The van der Waals surface area contributed by atoms with Gasteiger partial charge in [-0.1, -0.05) is 20.8 Å². The molecule has 0 spiro atoms. The number of ether oxygens (including phenoxy) is 1. The minimum Gasteiger partial charge on any atom is -0.456 e. The van der Waals surface area contributed by atoms with Crippen LogP contribution in [0.1, 0.15) is 69.2 Å². The Balaban J connectivity index is 2.29. The third-order valence-corrected chi connectivity index (χ3v) is 4.14. The summed E-state index contributed by atoms with van der Waals surface area (Å²) >= 11 is 0. The lowest BCUT2D eigenvalue weighted by Gasteiger charge is -2.23. The van der Waals surface area contributed by atoms with Gasteiger partial charge in [0.05, 0.1) is 5.56 Å². The molecular formula is C24H29NO4. The number of nitrogens with zero attached hydrogens (tertiary/aromatic N) is 1. The molecule has 0 aromatic heterocycles. The molecule has 154 valence electrons. The van der Waals surface area contributed by atoms with Crippen LogP contribution >= 0.6 is 0 Å². The van der Waals surface area contributed by atoms with Crippen LogP contribution in [-0.2, 0) is 9.53 Å². The monoisotopic (exact) mass is 395 g/mol. The zero-order valence-corrected chi connectivity index (χ0v) is 18.2. The third kappa shape index (κ3) is 5.76. The molecule has 0 aliphatic heterocycles. The Bertz CT molecular complexity index is 898. The molecule has 0 aliphatic carbocycles. The molecule has 29 heavy (non-hydrogen) atoms. The van der Waals surface area contributed by atoms with E-state index in [0.29, 0.717) is 22.5 Å². The van der Waals surface area contributed by atoms with Crippen molar-refractivity contribution in [3.05, 3.63) is 59.7 Å². The molecule has 5 heteroatoms. The highest BCUT2D eigenvalue weighted by molar-refractivity contribution is 6.02. The van der Waals surface area contributed by atoms with Crippen LogP contribution in [0, 0.1) is 5.41 Å². The van der Waals surface area contributed by atoms with Gasteiger partial charge in [-0.2, -0.15) is 0 Å². The molecule has 1 amide bonds. The van der Waals surface area contributed by atoms with Gasteiger partial charge >= 0.3 is 5.97 Å². The van der Waals surface area contributed by atoms with E-state index >= 15 is 0 Å². The summed E-state index contributed by atoms with van der Waals surface area (Å²) in [6, 6.07) is 13.6. The van der Waals surface area contributed by atoms with Gasteiger partial charge < -0.3 is 4.74 Å². The molecule has 2 aromatic rings. The zero-order valence-electron chi connectivity index (χ0n) is 18.2. The zero-order chi connectivity index (χ0) is 22.0. The largest absolute Gasteiger partial charge is 0.456 e. The average Bonchev–Trinajstić information content (AvgIpc) is 2.60. The van der Waals surface area contributed by atoms with E-state index in [0.717, 1.165) is 0 Å². The summed E-state index contributed by atoms with van der Waals surface area (Å²) in [7, 11) is 0. The first-order chi connectivity index (χ1) is 13.3. The van der Waals surface area contributed by atoms with Gasteiger partial charge in [-0.05, 0) is 69.3 Å². The number of carbonyl (C=O) groups is 3. The van der Waals surface area contributed by atoms with Crippen molar-refractivity contribution in [3.8, 4) is 0 Å². The lowest BCUT2D eigenvalue weighted by molar-refractivity contribution is -0.115. The van der Waals surface area contributed by atoms with Crippen molar-refractivity contribution in [1.82, 2.24) is 0 Å². The maximum absolute atomic E-state index is 12.4. The number of amides is 1. The summed E-state index contributed by atoms with van der Waals surface area (Å²) in [4.78, 5) is 38.4. The molecule has 0 radical (unpaired) electrons. The first-order valence-electron chi connectivity index (χ1n) is 9.58. The number of hydrogen-bond donors (Lipinski definition) is 0. The van der Waals surface area contributed by atoms with Gasteiger partial charge in [0, 0.05) is 29.3 Å². The number of Topliss-reactive ketones (excluding diaryl/α,β-unsaturated/α-hetero) is 1. The number of rotatable bonds is 4.